The van der Waals surface area contributed by atoms with Crippen LogP contribution in [0.15, 0.2) is 30.3 Å². The third-order valence-electron chi connectivity index (χ3n) is 5.75. The first kappa shape index (κ1) is 21.7. The molecule has 1 atom stereocenters. The van der Waals surface area contributed by atoms with Crippen LogP contribution in [0.4, 0.5) is 0 Å². The smallest absolute Gasteiger partial charge is 0.227 e. The number of amides is 2. The molecule has 0 aromatic heterocycles. The topological polar surface area (TPSA) is 73.3 Å². The normalized spacial score (nSPS) is 20.7. The minimum atomic E-state index is -0.189. The number of benzene rings is 1. The first-order valence-corrected chi connectivity index (χ1v) is 10.7. The Kier molecular flexibility index (Phi) is 8.46. The SMILES string of the molecule is O=C1CC[C@@H](C(=O)N(CCO)Cc2ccccc2)CN1CCCN1CCOCC1. The summed E-state index contributed by atoms with van der Waals surface area (Å²) in [5.41, 5.74) is 1.04. The minimum absolute atomic E-state index is 0.0357. The van der Waals surface area contributed by atoms with Gasteiger partial charge in [-0.15, -0.1) is 0 Å². The third-order valence-corrected chi connectivity index (χ3v) is 5.75. The summed E-state index contributed by atoms with van der Waals surface area (Å²) in [5, 5.41) is 9.42. The summed E-state index contributed by atoms with van der Waals surface area (Å²) in [6, 6.07) is 9.82. The number of hydrogen-bond donors (Lipinski definition) is 1. The fourth-order valence-corrected chi connectivity index (χ4v) is 4.09. The van der Waals surface area contributed by atoms with Crippen LogP contribution in [-0.2, 0) is 20.9 Å². The van der Waals surface area contributed by atoms with Gasteiger partial charge in [0.25, 0.3) is 0 Å². The van der Waals surface area contributed by atoms with E-state index in [9.17, 15) is 14.7 Å². The molecule has 2 aliphatic heterocycles. The number of rotatable bonds is 9. The summed E-state index contributed by atoms with van der Waals surface area (Å²) < 4.78 is 5.37. The van der Waals surface area contributed by atoms with E-state index in [4.69, 9.17) is 4.74 Å². The lowest BCUT2D eigenvalue weighted by Gasteiger charge is -2.35. The second kappa shape index (κ2) is 11.3. The molecule has 1 N–H and O–H groups in total. The Morgan fingerprint density at radius 1 is 1.17 bits per heavy atom. The zero-order chi connectivity index (χ0) is 20.5. The van der Waals surface area contributed by atoms with Gasteiger partial charge < -0.3 is 19.6 Å². The van der Waals surface area contributed by atoms with Crippen molar-refractivity contribution in [3.63, 3.8) is 0 Å². The lowest BCUT2D eigenvalue weighted by Crippen LogP contribution is -2.48. The molecule has 0 saturated carbocycles. The van der Waals surface area contributed by atoms with Crippen LogP contribution in [0, 0.1) is 5.92 Å². The molecule has 29 heavy (non-hydrogen) atoms. The van der Waals surface area contributed by atoms with E-state index in [2.05, 4.69) is 4.90 Å². The molecule has 0 unspecified atom stereocenters. The van der Waals surface area contributed by atoms with E-state index >= 15 is 0 Å². The standard InChI is InChI=1S/C22H33N3O4/c26-14-11-25(17-19-5-2-1-3-6-19)22(28)20-7-8-21(27)24(18-20)10-4-9-23-12-15-29-16-13-23/h1-3,5-6,20,26H,4,7-18H2/t20-/m1/s1. The molecule has 0 bridgehead atoms. The van der Waals surface area contributed by atoms with E-state index in [1.165, 1.54) is 0 Å². The number of likely N-dealkylation sites (tertiary alicyclic amines) is 1. The zero-order valence-electron chi connectivity index (χ0n) is 17.2. The molecule has 7 heteroatoms. The Labute approximate surface area is 173 Å². The second-order valence-corrected chi connectivity index (χ2v) is 7.85. The Hall–Kier alpha value is -1.96. The van der Waals surface area contributed by atoms with Crippen molar-refractivity contribution >= 4 is 11.8 Å². The van der Waals surface area contributed by atoms with E-state index in [0.717, 1.165) is 44.8 Å². The molecule has 160 valence electrons. The summed E-state index contributed by atoms with van der Waals surface area (Å²) in [4.78, 5) is 31.4. The molecule has 2 heterocycles. The summed E-state index contributed by atoms with van der Waals surface area (Å²) in [6.07, 6.45) is 1.93. The molecule has 0 aliphatic carbocycles. The highest BCUT2D eigenvalue weighted by molar-refractivity contribution is 5.84. The van der Waals surface area contributed by atoms with Gasteiger partial charge in [-0.05, 0) is 18.4 Å². The maximum atomic E-state index is 13.1. The Balaban J connectivity index is 1.52. The number of morpholine rings is 1. The van der Waals surface area contributed by atoms with Crippen molar-refractivity contribution in [3.8, 4) is 0 Å². The van der Waals surface area contributed by atoms with Crippen molar-refractivity contribution in [2.45, 2.75) is 25.8 Å². The summed E-state index contributed by atoms with van der Waals surface area (Å²) in [7, 11) is 0. The van der Waals surface area contributed by atoms with Gasteiger partial charge in [-0.1, -0.05) is 30.3 Å². The molecule has 0 spiro atoms. The highest BCUT2D eigenvalue weighted by atomic mass is 16.5. The molecular formula is C22H33N3O4. The van der Waals surface area contributed by atoms with Gasteiger partial charge in [0, 0.05) is 52.2 Å². The second-order valence-electron chi connectivity index (χ2n) is 7.85. The molecule has 2 aliphatic rings. The van der Waals surface area contributed by atoms with Crippen LogP contribution >= 0.6 is 0 Å². The number of hydrogen-bond acceptors (Lipinski definition) is 5. The van der Waals surface area contributed by atoms with Gasteiger partial charge in [-0.25, -0.2) is 0 Å². The van der Waals surface area contributed by atoms with E-state index in [1.807, 2.05) is 35.2 Å². The molecule has 1 aromatic carbocycles. The van der Waals surface area contributed by atoms with Gasteiger partial charge in [-0.3, -0.25) is 14.5 Å². The van der Waals surface area contributed by atoms with Crippen LogP contribution in [0.3, 0.4) is 0 Å². The van der Waals surface area contributed by atoms with E-state index in [1.54, 1.807) is 4.90 Å². The molecule has 2 amide bonds. The van der Waals surface area contributed by atoms with Crippen LogP contribution in [0.2, 0.25) is 0 Å². The Bertz CT molecular complexity index is 649. The van der Waals surface area contributed by atoms with E-state index in [-0.39, 0.29) is 24.3 Å². The van der Waals surface area contributed by atoms with E-state index < -0.39 is 0 Å². The van der Waals surface area contributed by atoms with Crippen molar-refractivity contribution in [2.24, 2.45) is 5.92 Å². The maximum absolute atomic E-state index is 13.1. The molecule has 0 radical (unpaired) electrons. The number of carbonyl (C=O) groups excluding carboxylic acids is 2. The average Bonchev–Trinajstić information content (AvgIpc) is 2.76. The maximum Gasteiger partial charge on any atom is 0.227 e. The quantitative estimate of drug-likeness (QED) is 0.665. The number of ether oxygens (including phenoxy) is 1. The van der Waals surface area contributed by atoms with Crippen LogP contribution < -0.4 is 0 Å². The van der Waals surface area contributed by atoms with Crippen molar-refractivity contribution in [3.05, 3.63) is 35.9 Å². The average molecular weight is 404 g/mol. The molecule has 1 aromatic rings. The highest BCUT2D eigenvalue weighted by Gasteiger charge is 2.32. The van der Waals surface area contributed by atoms with Crippen LogP contribution in [0.1, 0.15) is 24.8 Å². The lowest BCUT2D eigenvalue weighted by atomic mass is 9.95. The molecule has 3 rings (SSSR count). The summed E-state index contributed by atoms with van der Waals surface area (Å²) >= 11 is 0. The Morgan fingerprint density at radius 3 is 2.66 bits per heavy atom. The minimum Gasteiger partial charge on any atom is -0.395 e. The largest absolute Gasteiger partial charge is 0.395 e. The molecule has 7 nitrogen and oxygen atoms in total. The lowest BCUT2D eigenvalue weighted by molar-refractivity contribution is -0.144. The number of nitrogens with zero attached hydrogens (tertiary/aromatic N) is 3. The number of piperidine rings is 1. The predicted octanol–water partition coefficient (Wildman–Crippen LogP) is 0.968. The fourth-order valence-electron chi connectivity index (χ4n) is 4.09. The van der Waals surface area contributed by atoms with Crippen molar-refractivity contribution in [1.29, 1.82) is 0 Å². The third kappa shape index (κ3) is 6.52. The van der Waals surface area contributed by atoms with Crippen LogP contribution in [0.25, 0.3) is 0 Å². The van der Waals surface area contributed by atoms with Crippen molar-refractivity contribution in [2.75, 3.05) is 59.1 Å². The summed E-state index contributed by atoms with van der Waals surface area (Å²) in [5.74, 6) is -0.00673. The van der Waals surface area contributed by atoms with Crippen molar-refractivity contribution < 1.29 is 19.4 Å². The first-order chi connectivity index (χ1) is 14.2. The predicted molar refractivity (Wildman–Crippen MR) is 110 cm³/mol. The highest BCUT2D eigenvalue weighted by Crippen LogP contribution is 2.21. The van der Waals surface area contributed by atoms with Crippen LogP contribution in [-0.4, -0.2) is 90.7 Å². The Morgan fingerprint density at radius 2 is 1.93 bits per heavy atom. The number of aliphatic hydroxyl groups is 1. The number of aliphatic hydroxyl groups excluding tert-OH is 1. The van der Waals surface area contributed by atoms with Gasteiger partial charge in [0.05, 0.1) is 25.7 Å². The summed E-state index contributed by atoms with van der Waals surface area (Å²) in [6.45, 7) is 6.33. The van der Waals surface area contributed by atoms with Crippen LogP contribution in [0.5, 0.6) is 0 Å². The molecule has 2 fully saturated rings. The van der Waals surface area contributed by atoms with Gasteiger partial charge in [0.15, 0.2) is 0 Å². The first-order valence-electron chi connectivity index (χ1n) is 10.7. The van der Waals surface area contributed by atoms with Gasteiger partial charge in [0.2, 0.25) is 11.8 Å². The monoisotopic (exact) mass is 403 g/mol. The number of carbonyl (C=O) groups is 2. The molecular weight excluding hydrogens is 370 g/mol. The molecule has 2 saturated heterocycles. The van der Waals surface area contributed by atoms with Gasteiger partial charge >= 0.3 is 0 Å². The van der Waals surface area contributed by atoms with Crippen molar-refractivity contribution in [1.82, 2.24) is 14.7 Å². The van der Waals surface area contributed by atoms with E-state index in [0.29, 0.717) is 39.0 Å². The fraction of sp³-hybridized carbons (Fsp3) is 0.636. The van der Waals surface area contributed by atoms with Gasteiger partial charge in [0.1, 0.15) is 0 Å². The zero-order valence-corrected chi connectivity index (χ0v) is 17.2. The van der Waals surface area contributed by atoms with Gasteiger partial charge in [-0.2, -0.15) is 0 Å².